The molecule has 0 radical (unpaired) electrons. The quantitative estimate of drug-likeness (QED) is 0.748. The van der Waals surface area contributed by atoms with E-state index in [0.29, 0.717) is 19.6 Å². The van der Waals surface area contributed by atoms with Crippen molar-refractivity contribution in [2.75, 3.05) is 33.7 Å². The first-order chi connectivity index (χ1) is 9.91. The highest BCUT2D eigenvalue weighted by molar-refractivity contribution is 7.87. The van der Waals surface area contributed by atoms with Crippen molar-refractivity contribution in [2.45, 2.75) is 56.5 Å². The average Bonchev–Trinajstić information content (AvgIpc) is 2.95. The van der Waals surface area contributed by atoms with Crippen molar-refractivity contribution in [3.05, 3.63) is 0 Å². The van der Waals surface area contributed by atoms with Gasteiger partial charge in [-0.25, -0.2) is 4.72 Å². The Morgan fingerprint density at radius 3 is 2.48 bits per heavy atom. The monoisotopic (exact) mass is 318 g/mol. The topological polar surface area (TPSA) is 78.7 Å². The Bertz CT molecular complexity index is 432. The van der Waals surface area contributed by atoms with E-state index in [1.54, 1.807) is 4.31 Å². The van der Waals surface area contributed by atoms with Crippen LogP contribution in [0.3, 0.4) is 0 Å². The molecule has 3 N–H and O–H groups in total. The standard InChI is InChI=1S/C14H30N4O2S/c1-17(2)14(8-4-5-9-14)12-16-21(19,20)18-10-6-3-7-13(18)11-15/h13,16H,3-12,15H2,1-2H3. The lowest BCUT2D eigenvalue weighted by Gasteiger charge is -2.38. The summed E-state index contributed by atoms with van der Waals surface area (Å²) in [5.41, 5.74) is 5.71. The van der Waals surface area contributed by atoms with Crippen LogP contribution in [-0.2, 0) is 10.2 Å². The molecule has 2 fully saturated rings. The molecule has 21 heavy (non-hydrogen) atoms. The van der Waals surface area contributed by atoms with Crippen LogP contribution >= 0.6 is 0 Å². The molecule has 1 aliphatic heterocycles. The van der Waals surface area contributed by atoms with Gasteiger partial charge in [-0.2, -0.15) is 12.7 Å². The Labute approximate surface area is 129 Å². The summed E-state index contributed by atoms with van der Waals surface area (Å²) in [6.07, 6.45) is 7.33. The summed E-state index contributed by atoms with van der Waals surface area (Å²) in [5, 5.41) is 0. The van der Waals surface area contributed by atoms with Crippen LogP contribution in [0.4, 0.5) is 0 Å². The third-order valence-corrected chi connectivity index (χ3v) is 6.83. The van der Waals surface area contributed by atoms with Crippen LogP contribution in [0.25, 0.3) is 0 Å². The summed E-state index contributed by atoms with van der Waals surface area (Å²) < 4.78 is 29.7. The first-order valence-electron chi connectivity index (χ1n) is 8.05. The molecule has 6 nitrogen and oxygen atoms in total. The van der Waals surface area contributed by atoms with E-state index in [1.165, 1.54) is 12.8 Å². The van der Waals surface area contributed by atoms with Gasteiger partial charge in [-0.05, 0) is 39.8 Å². The Kier molecular flexibility index (Phi) is 5.65. The minimum absolute atomic E-state index is 0.0267. The SMILES string of the molecule is CN(C)C1(CNS(=O)(=O)N2CCCCC2CN)CCCC1. The minimum atomic E-state index is -3.43. The predicted octanol–water partition coefficient (Wildman–Crippen LogP) is 0.508. The van der Waals surface area contributed by atoms with Crippen molar-refractivity contribution in [2.24, 2.45) is 5.73 Å². The van der Waals surface area contributed by atoms with Crippen molar-refractivity contribution >= 4 is 10.2 Å². The van der Waals surface area contributed by atoms with Crippen molar-refractivity contribution in [3.63, 3.8) is 0 Å². The van der Waals surface area contributed by atoms with Crippen molar-refractivity contribution in [1.82, 2.24) is 13.9 Å². The number of nitrogens with one attached hydrogen (secondary N) is 1. The third kappa shape index (κ3) is 3.76. The fourth-order valence-electron chi connectivity index (χ4n) is 3.65. The maximum atomic E-state index is 12.6. The Hall–Kier alpha value is -0.210. The normalized spacial score (nSPS) is 27.3. The zero-order valence-electron chi connectivity index (χ0n) is 13.3. The largest absolute Gasteiger partial charge is 0.329 e. The summed E-state index contributed by atoms with van der Waals surface area (Å²) in [6.45, 7) is 1.49. The van der Waals surface area contributed by atoms with E-state index in [9.17, 15) is 8.42 Å². The van der Waals surface area contributed by atoms with E-state index in [1.807, 2.05) is 14.1 Å². The fraction of sp³-hybridized carbons (Fsp3) is 1.00. The fourth-order valence-corrected chi connectivity index (χ4v) is 5.22. The molecule has 1 saturated carbocycles. The van der Waals surface area contributed by atoms with E-state index in [2.05, 4.69) is 9.62 Å². The molecule has 0 aromatic rings. The van der Waals surface area contributed by atoms with E-state index in [4.69, 9.17) is 5.73 Å². The highest BCUT2D eigenvalue weighted by Gasteiger charge is 2.38. The van der Waals surface area contributed by atoms with Crippen LogP contribution < -0.4 is 10.5 Å². The minimum Gasteiger partial charge on any atom is -0.329 e. The number of nitrogens with two attached hydrogens (primary N) is 1. The number of hydrogen-bond donors (Lipinski definition) is 2. The predicted molar refractivity (Wildman–Crippen MR) is 85.2 cm³/mol. The number of rotatable bonds is 6. The summed E-state index contributed by atoms with van der Waals surface area (Å²) in [4.78, 5) is 2.18. The maximum absolute atomic E-state index is 12.6. The van der Waals surface area contributed by atoms with Crippen LogP contribution in [0, 0.1) is 0 Å². The molecule has 1 aliphatic carbocycles. The molecule has 1 unspecified atom stereocenters. The van der Waals surface area contributed by atoms with Gasteiger partial charge in [0.1, 0.15) is 0 Å². The molecule has 0 spiro atoms. The first-order valence-corrected chi connectivity index (χ1v) is 9.49. The average molecular weight is 318 g/mol. The van der Waals surface area contributed by atoms with E-state index in [-0.39, 0.29) is 11.6 Å². The lowest BCUT2D eigenvalue weighted by Crippen LogP contribution is -2.56. The van der Waals surface area contributed by atoms with Crippen molar-refractivity contribution in [1.29, 1.82) is 0 Å². The lowest BCUT2D eigenvalue weighted by atomic mass is 9.97. The summed E-state index contributed by atoms with van der Waals surface area (Å²) in [6, 6.07) is -0.0462. The highest BCUT2D eigenvalue weighted by atomic mass is 32.2. The number of hydrogen-bond acceptors (Lipinski definition) is 4. The molecule has 1 atom stereocenters. The molecule has 2 rings (SSSR count). The van der Waals surface area contributed by atoms with Gasteiger partial charge in [0.05, 0.1) is 0 Å². The molecule has 0 aromatic carbocycles. The number of likely N-dealkylation sites (N-methyl/N-ethyl adjacent to an activating group) is 1. The Morgan fingerprint density at radius 1 is 1.24 bits per heavy atom. The van der Waals surface area contributed by atoms with Crippen molar-refractivity contribution < 1.29 is 8.42 Å². The summed E-state index contributed by atoms with van der Waals surface area (Å²) in [7, 11) is 0.663. The molecule has 124 valence electrons. The van der Waals surface area contributed by atoms with Crippen LogP contribution in [-0.4, -0.2) is 62.9 Å². The van der Waals surface area contributed by atoms with Gasteiger partial charge in [0, 0.05) is 31.2 Å². The van der Waals surface area contributed by atoms with Crippen LogP contribution in [0.2, 0.25) is 0 Å². The van der Waals surface area contributed by atoms with E-state index >= 15 is 0 Å². The zero-order chi connectivity index (χ0) is 15.5. The number of nitrogens with zero attached hydrogens (tertiary/aromatic N) is 2. The van der Waals surface area contributed by atoms with E-state index < -0.39 is 10.2 Å². The third-order valence-electron chi connectivity index (χ3n) is 5.22. The zero-order valence-corrected chi connectivity index (χ0v) is 14.2. The second-order valence-electron chi connectivity index (χ2n) is 6.65. The highest BCUT2D eigenvalue weighted by Crippen LogP contribution is 2.33. The first kappa shape index (κ1) is 17.1. The molecular formula is C14H30N4O2S. The maximum Gasteiger partial charge on any atom is 0.279 e. The van der Waals surface area contributed by atoms with Gasteiger partial charge in [0.25, 0.3) is 10.2 Å². The van der Waals surface area contributed by atoms with Gasteiger partial charge in [-0.1, -0.05) is 19.3 Å². The molecule has 2 aliphatic rings. The molecule has 0 bridgehead atoms. The molecule has 1 saturated heterocycles. The molecular weight excluding hydrogens is 288 g/mol. The number of piperidine rings is 1. The van der Waals surface area contributed by atoms with Gasteiger partial charge < -0.3 is 10.6 Å². The van der Waals surface area contributed by atoms with Crippen LogP contribution in [0.1, 0.15) is 44.9 Å². The lowest BCUT2D eigenvalue weighted by molar-refractivity contribution is 0.159. The summed E-state index contributed by atoms with van der Waals surface area (Å²) >= 11 is 0. The molecule has 7 heteroatoms. The van der Waals surface area contributed by atoms with Gasteiger partial charge in [-0.3, -0.25) is 0 Å². The second kappa shape index (κ2) is 6.91. The van der Waals surface area contributed by atoms with Gasteiger partial charge in [0.15, 0.2) is 0 Å². The Balaban J connectivity index is 2.03. The summed E-state index contributed by atoms with van der Waals surface area (Å²) in [5.74, 6) is 0. The van der Waals surface area contributed by atoms with Gasteiger partial charge in [0.2, 0.25) is 0 Å². The van der Waals surface area contributed by atoms with Crippen LogP contribution in [0.15, 0.2) is 0 Å². The molecule has 0 amide bonds. The van der Waals surface area contributed by atoms with Crippen molar-refractivity contribution in [3.8, 4) is 0 Å². The molecule has 0 aromatic heterocycles. The van der Waals surface area contributed by atoms with Gasteiger partial charge in [-0.15, -0.1) is 0 Å². The smallest absolute Gasteiger partial charge is 0.279 e. The van der Waals surface area contributed by atoms with Crippen LogP contribution in [0.5, 0.6) is 0 Å². The second-order valence-corrected chi connectivity index (χ2v) is 8.36. The molecule has 1 heterocycles. The Morgan fingerprint density at radius 2 is 1.90 bits per heavy atom. The van der Waals surface area contributed by atoms with E-state index in [0.717, 1.165) is 32.1 Å². The van der Waals surface area contributed by atoms with Gasteiger partial charge >= 0.3 is 0 Å².